The van der Waals surface area contributed by atoms with Gasteiger partial charge in [0.2, 0.25) is 0 Å². The van der Waals surface area contributed by atoms with Crippen LogP contribution in [0.25, 0.3) is 0 Å². The van der Waals surface area contributed by atoms with Gasteiger partial charge in [-0.25, -0.2) is 13.6 Å². The van der Waals surface area contributed by atoms with Gasteiger partial charge in [0, 0.05) is 5.56 Å². The molecule has 8 heteroatoms. The molecule has 0 radical (unpaired) electrons. The summed E-state index contributed by atoms with van der Waals surface area (Å²) >= 11 is 0. The van der Waals surface area contributed by atoms with Crippen molar-refractivity contribution in [2.24, 2.45) is 5.92 Å². The summed E-state index contributed by atoms with van der Waals surface area (Å²) in [7, 11) is 0. The summed E-state index contributed by atoms with van der Waals surface area (Å²) in [5.74, 6) is -4.12. The van der Waals surface area contributed by atoms with E-state index in [1.165, 1.54) is 0 Å². The average Bonchev–Trinajstić information content (AvgIpc) is 2.71. The first kappa shape index (κ1) is 22.0. The lowest BCUT2D eigenvalue weighted by Gasteiger charge is -2.20. The van der Waals surface area contributed by atoms with Crippen LogP contribution in [0.1, 0.15) is 24.2 Å². The van der Waals surface area contributed by atoms with Gasteiger partial charge >= 0.3 is 5.97 Å². The molecule has 1 atom stereocenters. The third-order valence-electron chi connectivity index (χ3n) is 3.94. The molecule has 0 fully saturated rings. The predicted octanol–water partition coefficient (Wildman–Crippen LogP) is 2.91. The van der Waals surface area contributed by atoms with Crippen LogP contribution in [0.2, 0.25) is 0 Å². The summed E-state index contributed by atoms with van der Waals surface area (Å²) in [5, 5.41) is 2.51. The number of hydrogen-bond acceptors (Lipinski definition) is 5. The van der Waals surface area contributed by atoms with Crippen molar-refractivity contribution in [2.45, 2.75) is 19.9 Å². The first-order chi connectivity index (χ1) is 13.8. The summed E-state index contributed by atoms with van der Waals surface area (Å²) in [4.78, 5) is 36.4. The van der Waals surface area contributed by atoms with Gasteiger partial charge in [0.25, 0.3) is 5.91 Å². The number of amides is 1. The van der Waals surface area contributed by atoms with Gasteiger partial charge in [-0.2, -0.15) is 0 Å². The van der Waals surface area contributed by atoms with Crippen LogP contribution >= 0.6 is 0 Å². The van der Waals surface area contributed by atoms with Gasteiger partial charge in [-0.1, -0.05) is 32.0 Å². The van der Waals surface area contributed by atoms with E-state index in [9.17, 15) is 23.2 Å². The van der Waals surface area contributed by atoms with Crippen molar-refractivity contribution in [1.29, 1.82) is 0 Å². The number of rotatable bonds is 9. The van der Waals surface area contributed by atoms with E-state index in [1.54, 1.807) is 44.2 Å². The Morgan fingerprint density at radius 1 is 0.966 bits per heavy atom. The van der Waals surface area contributed by atoms with Crippen molar-refractivity contribution >= 4 is 17.7 Å². The Kier molecular flexibility index (Phi) is 7.82. The molecule has 6 nitrogen and oxygen atoms in total. The highest BCUT2D eigenvalue weighted by Gasteiger charge is 2.26. The molecule has 1 amide bonds. The molecule has 0 bridgehead atoms. The molecule has 154 valence electrons. The zero-order valence-electron chi connectivity index (χ0n) is 16.0. The van der Waals surface area contributed by atoms with Crippen molar-refractivity contribution in [2.75, 3.05) is 13.2 Å². The Bertz CT molecular complexity index is 871. The van der Waals surface area contributed by atoms with E-state index in [-0.39, 0.29) is 18.1 Å². The third kappa shape index (κ3) is 6.67. The van der Waals surface area contributed by atoms with Gasteiger partial charge < -0.3 is 14.8 Å². The first-order valence-electron chi connectivity index (χ1n) is 8.90. The zero-order valence-corrected chi connectivity index (χ0v) is 16.0. The molecule has 1 N–H and O–H groups in total. The Morgan fingerprint density at radius 3 is 2.28 bits per heavy atom. The van der Waals surface area contributed by atoms with Crippen molar-refractivity contribution in [1.82, 2.24) is 5.32 Å². The minimum atomic E-state index is -1.17. The molecule has 0 heterocycles. The van der Waals surface area contributed by atoms with Crippen molar-refractivity contribution in [3.8, 4) is 5.75 Å². The number of ether oxygens (including phenoxy) is 2. The number of benzene rings is 2. The molecular weight excluding hydrogens is 384 g/mol. The summed E-state index contributed by atoms with van der Waals surface area (Å²) < 4.78 is 36.4. The standard InChI is InChI=1S/C21H21F2NO5/c1-13(2)20(24-19(26)12-28-15-6-4-3-5-7-15)21(27)29-11-18(25)14-8-9-16(22)17(23)10-14/h3-10,13,20H,11-12H2,1-2H3,(H,24,26)/t20-/m0/s1. The van der Waals surface area contributed by atoms with E-state index < -0.39 is 41.9 Å². The fraction of sp³-hybridized carbons (Fsp3) is 0.286. The average molecular weight is 405 g/mol. The van der Waals surface area contributed by atoms with Crippen LogP contribution in [-0.2, 0) is 14.3 Å². The van der Waals surface area contributed by atoms with Gasteiger partial charge in [0.15, 0.2) is 30.6 Å². The Morgan fingerprint density at radius 2 is 1.66 bits per heavy atom. The Labute approximate surface area is 166 Å². The molecular formula is C21H21F2NO5. The quantitative estimate of drug-likeness (QED) is 0.513. The number of halogens is 2. The van der Waals surface area contributed by atoms with Crippen LogP contribution in [-0.4, -0.2) is 36.9 Å². The molecule has 2 rings (SSSR count). The smallest absolute Gasteiger partial charge is 0.329 e. The number of hydrogen-bond donors (Lipinski definition) is 1. The second kappa shape index (κ2) is 10.3. The molecule has 2 aromatic carbocycles. The SMILES string of the molecule is CC(C)[C@H](NC(=O)COc1ccccc1)C(=O)OCC(=O)c1ccc(F)c(F)c1. The molecule has 0 aliphatic heterocycles. The summed E-state index contributed by atoms with van der Waals surface area (Å²) in [5.41, 5.74) is -0.127. The summed E-state index contributed by atoms with van der Waals surface area (Å²) in [6.45, 7) is 2.43. The molecule has 0 aliphatic rings. The van der Waals surface area contributed by atoms with E-state index in [0.29, 0.717) is 5.75 Å². The molecule has 29 heavy (non-hydrogen) atoms. The predicted molar refractivity (Wildman–Crippen MR) is 100 cm³/mol. The Hall–Kier alpha value is -3.29. The number of para-hydroxylation sites is 1. The van der Waals surface area contributed by atoms with Crippen LogP contribution in [0.15, 0.2) is 48.5 Å². The van der Waals surface area contributed by atoms with Crippen molar-refractivity contribution in [3.63, 3.8) is 0 Å². The number of esters is 1. The Balaban J connectivity index is 1.88. The largest absolute Gasteiger partial charge is 0.484 e. The maximum Gasteiger partial charge on any atom is 0.329 e. The number of nitrogens with one attached hydrogen (secondary N) is 1. The van der Waals surface area contributed by atoms with Crippen LogP contribution in [0.4, 0.5) is 8.78 Å². The van der Waals surface area contributed by atoms with E-state index in [4.69, 9.17) is 9.47 Å². The monoisotopic (exact) mass is 405 g/mol. The minimum absolute atomic E-state index is 0.127. The van der Waals surface area contributed by atoms with Gasteiger partial charge in [-0.15, -0.1) is 0 Å². The highest BCUT2D eigenvalue weighted by molar-refractivity contribution is 5.98. The lowest BCUT2D eigenvalue weighted by molar-refractivity contribution is -0.148. The summed E-state index contributed by atoms with van der Waals surface area (Å²) in [6, 6.07) is 10.3. The second-order valence-corrected chi connectivity index (χ2v) is 6.55. The van der Waals surface area contributed by atoms with E-state index >= 15 is 0 Å². The molecule has 0 unspecified atom stereocenters. The summed E-state index contributed by atoms with van der Waals surface area (Å²) in [6.07, 6.45) is 0. The normalized spacial score (nSPS) is 11.6. The second-order valence-electron chi connectivity index (χ2n) is 6.55. The number of Topliss-reactive ketones (excluding diaryl/α,β-unsaturated/α-hetero) is 1. The highest BCUT2D eigenvalue weighted by Crippen LogP contribution is 2.11. The van der Waals surface area contributed by atoms with Crippen molar-refractivity contribution < 1.29 is 32.6 Å². The van der Waals surface area contributed by atoms with Crippen LogP contribution in [0, 0.1) is 17.6 Å². The van der Waals surface area contributed by atoms with Crippen molar-refractivity contribution in [3.05, 3.63) is 65.7 Å². The van der Waals surface area contributed by atoms with Crippen LogP contribution in [0.3, 0.4) is 0 Å². The molecule has 0 aliphatic carbocycles. The van der Waals surface area contributed by atoms with E-state index in [0.717, 1.165) is 18.2 Å². The van der Waals surface area contributed by atoms with E-state index in [1.807, 2.05) is 0 Å². The fourth-order valence-electron chi connectivity index (χ4n) is 2.36. The van der Waals surface area contributed by atoms with E-state index in [2.05, 4.69) is 5.32 Å². The van der Waals surface area contributed by atoms with Gasteiger partial charge in [0.05, 0.1) is 0 Å². The van der Waals surface area contributed by atoms with Gasteiger partial charge in [0.1, 0.15) is 11.8 Å². The van der Waals surface area contributed by atoms with Gasteiger partial charge in [-0.05, 0) is 36.2 Å². The fourth-order valence-corrected chi connectivity index (χ4v) is 2.36. The van der Waals surface area contributed by atoms with Crippen LogP contribution < -0.4 is 10.1 Å². The maximum atomic E-state index is 13.2. The molecule has 0 aromatic heterocycles. The molecule has 0 spiro atoms. The lowest BCUT2D eigenvalue weighted by Crippen LogP contribution is -2.47. The number of carbonyl (C=O) groups is 3. The zero-order chi connectivity index (χ0) is 21.4. The first-order valence-corrected chi connectivity index (χ1v) is 8.90. The number of ketones is 1. The third-order valence-corrected chi connectivity index (χ3v) is 3.94. The minimum Gasteiger partial charge on any atom is -0.484 e. The number of carbonyl (C=O) groups excluding carboxylic acids is 3. The topological polar surface area (TPSA) is 81.7 Å². The van der Waals surface area contributed by atoms with Crippen LogP contribution in [0.5, 0.6) is 5.75 Å². The van der Waals surface area contributed by atoms with Gasteiger partial charge in [-0.3, -0.25) is 9.59 Å². The maximum absolute atomic E-state index is 13.2. The molecule has 2 aromatic rings. The lowest BCUT2D eigenvalue weighted by atomic mass is 10.0. The highest BCUT2D eigenvalue weighted by atomic mass is 19.2. The molecule has 0 saturated heterocycles. The molecule has 0 saturated carbocycles.